The average molecular weight is 743 g/mol. The molecule has 0 N–H and O–H groups in total. The molecule has 5 aliphatic rings. The van der Waals surface area contributed by atoms with E-state index >= 15 is 0 Å². The fourth-order valence-electron chi connectivity index (χ4n) is 9.87. The molecule has 7 aromatic rings. The molecule has 5 heterocycles. The van der Waals surface area contributed by atoms with Crippen molar-refractivity contribution >= 4 is 103 Å². The van der Waals surface area contributed by atoms with Crippen LogP contribution in [0.5, 0.6) is 11.5 Å². The number of nitrogens with zero attached hydrogens (tertiary/aromatic N) is 2. The van der Waals surface area contributed by atoms with Crippen LogP contribution >= 0.6 is 23.5 Å². The molecule has 0 aromatic heterocycles. The van der Waals surface area contributed by atoms with Crippen LogP contribution in [0.4, 0.5) is 28.4 Å². The van der Waals surface area contributed by atoms with Crippen LogP contribution in [-0.2, 0) is 0 Å². The first-order chi connectivity index (χ1) is 26.8. The van der Waals surface area contributed by atoms with Gasteiger partial charge < -0.3 is 14.5 Å². The normalized spacial score (nSPS) is 17.5. The molecule has 5 aliphatic heterocycles. The number of allylic oxidation sites excluding steroid dienone is 1. The first kappa shape index (κ1) is 32.1. The number of hydrogen-bond acceptors (Lipinski definition) is 5. The van der Waals surface area contributed by atoms with Crippen molar-refractivity contribution in [2.24, 2.45) is 5.41 Å². The average Bonchev–Trinajstić information content (AvgIpc) is 3.39. The third-order valence-corrected chi connectivity index (χ3v) is 15.8. The van der Waals surface area contributed by atoms with Gasteiger partial charge in [0.25, 0.3) is 6.71 Å². The fraction of sp³-hybridized carbons (Fsp3) is 0.125. The minimum atomic E-state index is -0.0787. The van der Waals surface area contributed by atoms with Crippen LogP contribution in [0.3, 0.4) is 0 Å². The number of anilines is 5. The van der Waals surface area contributed by atoms with Crippen LogP contribution in [0.25, 0.3) is 10.8 Å². The molecule has 0 saturated carbocycles. The summed E-state index contributed by atoms with van der Waals surface area (Å²) in [7, 11) is 0. The zero-order valence-corrected chi connectivity index (χ0v) is 32.8. The van der Waals surface area contributed by atoms with E-state index in [0.29, 0.717) is 0 Å². The van der Waals surface area contributed by atoms with Crippen LogP contribution < -0.4 is 41.9 Å². The van der Waals surface area contributed by atoms with Crippen LogP contribution in [0.1, 0.15) is 27.7 Å². The summed E-state index contributed by atoms with van der Waals surface area (Å²) in [6.07, 6.45) is 0. The van der Waals surface area contributed by atoms with Crippen molar-refractivity contribution in [3.05, 3.63) is 156 Å². The lowest BCUT2D eigenvalue weighted by Crippen LogP contribution is -2.62. The predicted molar refractivity (Wildman–Crippen MR) is 236 cm³/mol. The quantitative estimate of drug-likeness (QED) is 0.164. The first-order valence-corrected chi connectivity index (χ1v) is 20.9. The molecule has 0 atom stereocenters. The number of hydrogen-bond donors (Lipinski definition) is 0. The molecule has 0 radical (unpaired) electrons. The Morgan fingerprint density at radius 1 is 0.509 bits per heavy atom. The van der Waals surface area contributed by atoms with Gasteiger partial charge in [0, 0.05) is 43.0 Å². The third kappa shape index (κ3) is 4.29. The topological polar surface area (TPSA) is 15.7 Å². The lowest BCUT2D eigenvalue weighted by atomic mass is 9.29. The zero-order chi connectivity index (χ0) is 36.8. The van der Waals surface area contributed by atoms with E-state index in [4.69, 9.17) is 4.74 Å². The van der Waals surface area contributed by atoms with Gasteiger partial charge in [0.15, 0.2) is 0 Å². The van der Waals surface area contributed by atoms with Crippen LogP contribution in [-0.4, -0.2) is 18.2 Å². The van der Waals surface area contributed by atoms with E-state index in [9.17, 15) is 0 Å². The number of rotatable bonds is 2. The number of ether oxygens (including phenoxy) is 1. The molecule has 0 saturated heterocycles. The zero-order valence-electron chi connectivity index (χ0n) is 31.1. The molecule has 0 spiro atoms. The molecule has 0 bridgehead atoms. The molecule has 12 rings (SSSR count). The molecule has 0 fully saturated rings. The lowest BCUT2D eigenvalue weighted by Gasteiger charge is -2.44. The smallest absolute Gasteiger partial charge is 0.256 e. The molecule has 262 valence electrons. The van der Waals surface area contributed by atoms with Crippen molar-refractivity contribution in [3.8, 4) is 11.5 Å². The van der Waals surface area contributed by atoms with E-state index in [1.807, 2.05) is 23.5 Å². The summed E-state index contributed by atoms with van der Waals surface area (Å²) in [6.45, 7) is 9.99. The summed E-state index contributed by atoms with van der Waals surface area (Å²) in [6, 6.07) is 53.9. The van der Waals surface area contributed by atoms with Crippen molar-refractivity contribution in [1.29, 1.82) is 0 Å². The summed E-state index contributed by atoms with van der Waals surface area (Å²) in [4.78, 5) is 7.73. The van der Waals surface area contributed by atoms with Gasteiger partial charge in [-0.25, -0.2) is 0 Å². The molecular weight excluding hydrogens is 706 g/mol. The van der Waals surface area contributed by atoms with E-state index in [1.54, 1.807) is 0 Å². The van der Waals surface area contributed by atoms with Crippen molar-refractivity contribution in [1.82, 2.24) is 0 Å². The summed E-state index contributed by atoms with van der Waals surface area (Å²) in [5.41, 5.74) is 14.2. The van der Waals surface area contributed by atoms with Crippen LogP contribution in [0.2, 0.25) is 0 Å². The Balaban J connectivity index is 1.16. The molecule has 0 unspecified atom stereocenters. The summed E-state index contributed by atoms with van der Waals surface area (Å²) >= 11 is 3.99. The number of fused-ring (bicyclic) bond motifs is 8. The van der Waals surface area contributed by atoms with E-state index in [2.05, 4.69) is 183 Å². The summed E-state index contributed by atoms with van der Waals surface area (Å²) in [5, 5.41) is 3.81. The summed E-state index contributed by atoms with van der Waals surface area (Å²) in [5.74, 6) is 1.89. The molecule has 7 aromatic carbocycles. The standard InChI is InChI=1S/C48H36B2N2OS2/c1-47(2)45-46(55-48(47,3)4)52(32-19-9-6-10-20-32)37-22-14-24-41-44(37)50(45)35-27-33-38(28-42(35)54-41)51(31-17-7-5-8-18-31)36-21-13-23-39-43(36)49(33)34-25-29-15-11-12-16-30(29)26-40(34)53-39/h5-28H,1-4H3. The maximum absolute atomic E-state index is 6.87. The Hall–Kier alpha value is -5.23. The second-order valence-corrected chi connectivity index (χ2v) is 19.1. The van der Waals surface area contributed by atoms with Gasteiger partial charge in [0.05, 0.1) is 5.03 Å². The third-order valence-electron chi connectivity index (χ3n) is 13.1. The molecule has 3 nitrogen and oxygen atoms in total. The highest BCUT2D eigenvalue weighted by Gasteiger charge is 2.57. The Morgan fingerprint density at radius 3 is 1.91 bits per heavy atom. The van der Waals surface area contributed by atoms with Crippen molar-refractivity contribution < 1.29 is 4.74 Å². The van der Waals surface area contributed by atoms with E-state index in [-0.39, 0.29) is 23.6 Å². The Kier molecular flexibility index (Phi) is 6.52. The molecule has 0 amide bonds. The molecular formula is C48H36B2N2OS2. The van der Waals surface area contributed by atoms with Gasteiger partial charge in [0.2, 0.25) is 6.71 Å². The largest absolute Gasteiger partial charge is 0.458 e. The van der Waals surface area contributed by atoms with Crippen LogP contribution in [0, 0.1) is 5.41 Å². The van der Waals surface area contributed by atoms with Gasteiger partial charge >= 0.3 is 0 Å². The number of benzene rings is 7. The molecule has 7 heteroatoms. The van der Waals surface area contributed by atoms with Gasteiger partial charge in [-0.3, -0.25) is 0 Å². The SMILES string of the molecule is CC1(C)SC2=C(B3c4cc5c(cc4Sc4cccc(c43)N2c2ccccc2)N(c2ccccc2)c2cccc3c2B5c2cc4ccccc4cc2O3)C1(C)C. The van der Waals surface area contributed by atoms with E-state index < -0.39 is 0 Å². The summed E-state index contributed by atoms with van der Waals surface area (Å²) < 4.78 is 6.86. The Labute approximate surface area is 331 Å². The highest BCUT2D eigenvalue weighted by Crippen LogP contribution is 2.62. The van der Waals surface area contributed by atoms with Crippen molar-refractivity contribution in [3.63, 3.8) is 0 Å². The number of thioether (sulfide) groups is 1. The predicted octanol–water partition coefficient (Wildman–Crippen LogP) is 9.77. The lowest BCUT2D eigenvalue weighted by molar-refractivity contribution is 0.370. The van der Waals surface area contributed by atoms with Gasteiger partial charge in [-0.15, -0.1) is 11.8 Å². The monoisotopic (exact) mass is 742 g/mol. The molecule has 0 aliphatic carbocycles. The first-order valence-electron chi connectivity index (χ1n) is 19.2. The minimum Gasteiger partial charge on any atom is -0.458 e. The van der Waals surface area contributed by atoms with Gasteiger partial charge in [-0.05, 0) is 113 Å². The van der Waals surface area contributed by atoms with Crippen molar-refractivity contribution in [2.45, 2.75) is 42.2 Å². The highest BCUT2D eigenvalue weighted by atomic mass is 32.2. The highest BCUT2D eigenvalue weighted by molar-refractivity contribution is 8.05. The molecule has 55 heavy (non-hydrogen) atoms. The van der Waals surface area contributed by atoms with E-state index in [0.717, 1.165) is 17.2 Å². The minimum absolute atomic E-state index is 0.00941. The second kappa shape index (κ2) is 11.2. The van der Waals surface area contributed by atoms with Crippen LogP contribution in [0.15, 0.2) is 166 Å². The second-order valence-electron chi connectivity index (χ2n) is 16.4. The van der Waals surface area contributed by atoms with Gasteiger partial charge in [0.1, 0.15) is 11.5 Å². The fourth-order valence-corrected chi connectivity index (χ4v) is 12.7. The Morgan fingerprint density at radius 2 is 1.16 bits per heavy atom. The van der Waals surface area contributed by atoms with Gasteiger partial charge in [-0.2, -0.15) is 0 Å². The van der Waals surface area contributed by atoms with Gasteiger partial charge in [-0.1, -0.05) is 121 Å². The maximum atomic E-state index is 6.87. The van der Waals surface area contributed by atoms with Crippen molar-refractivity contribution in [2.75, 3.05) is 9.80 Å². The Bertz CT molecular complexity index is 2840. The number of para-hydroxylation sites is 2. The van der Waals surface area contributed by atoms with E-state index in [1.165, 1.54) is 81.1 Å². The maximum Gasteiger partial charge on any atom is 0.256 e.